The fourth-order valence-corrected chi connectivity index (χ4v) is 2.76. The van der Waals surface area contributed by atoms with E-state index in [9.17, 15) is 4.79 Å². The minimum Gasteiger partial charge on any atom is -0.296 e. The van der Waals surface area contributed by atoms with Gasteiger partial charge in [-0.3, -0.25) is 9.69 Å². The van der Waals surface area contributed by atoms with Crippen molar-refractivity contribution >= 4 is 5.78 Å². The van der Waals surface area contributed by atoms with Gasteiger partial charge in [-0.2, -0.15) is 0 Å². The maximum absolute atomic E-state index is 12.4. The minimum atomic E-state index is 0.263. The van der Waals surface area contributed by atoms with Crippen LogP contribution in [0.4, 0.5) is 0 Å². The number of carbonyl (C=O) groups excluding carboxylic acids is 1. The van der Waals surface area contributed by atoms with Crippen LogP contribution in [0.25, 0.3) is 0 Å². The van der Waals surface area contributed by atoms with E-state index < -0.39 is 0 Å². The van der Waals surface area contributed by atoms with Gasteiger partial charge in [-0.1, -0.05) is 37.1 Å². The van der Waals surface area contributed by atoms with Crippen molar-refractivity contribution in [1.29, 1.82) is 0 Å². The summed E-state index contributed by atoms with van der Waals surface area (Å²) < 4.78 is 0. The number of hydrogen-bond donors (Lipinski definition) is 0. The fraction of sp³-hybridized carbons (Fsp3) is 0.588. The van der Waals surface area contributed by atoms with Crippen LogP contribution in [0.5, 0.6) is 0 Å². The predicted molar refractivity (Wildman–Crippen MR) is 79.7 cm³/mol. The standard InChI is InChI=1S/C17H25NO/c1-4-18(11-15-6-5-7-15)12-17(19)16-9-8-13(2)10-14(16)3/h8-10,15H,4-7,11-12H2,1-3H3. The normalized spacial score (nSPS) is 15.6. The molecular weight excluding hydrogens is 234 g/mol. The largest absolute Gasteiger partial charge is 0.296 e. The fourth-order valence-electron chi connectivity index (χ4n) is 2.76. The van der Waals surface area contributed by atoms with Crippen LogP contribution in [0.15, 0.2) is 18.2 Å². The van der Waals surface area contributed by atoms with Crippen LogP contribution >= 0.6 is 0 Å². The highest BCUT2D eigenvalue weighted by molar-refractivity contribution is 5.98. The van der Waals surface area contributed by atoms with Crippen molar-refractivity contribution in [3.63, 3.8) is 0 Å². The molecule has 1 aliphatic carbocycles. The van der Waals surface area contributed by atoms with Crippen molar-refractivity contribution in [2.24, 2.45) is 5.92 Å². The summed E-state index contributed by atoms with van der Waals surface area (Å²) in [5, 5.41) is 0. The van der Waals surface area contributed by atoms with Gasteiger partial charge < -0.3 is 0 Å². The third-order valence-electron chi connectivity index (χ3n) is 4.24. The summed E-state index contributed by atoms with van der Waals surface area (Å²) in [6.07, 6.45) is 4.05. The smallest absolute Gasteiger partial charge is 0.177 e. The number of likely N-dealkylation sites (N-methyl/N-ethyl adjacent to an activating group) is 1. The molecule has 2 nitrogen and oxygen atoms in total. The van der Waals surface area contributed by atoms with Crippen molar-refractivity contribution in [3.8, 4) is 0 Å². The first-order valence-corrected chi connectivity index (χ1v) is 7.43. The molecule has 0 bridgehead atoms. The zero-order valence-electron chi connectivity index (χ0n) is 12.4. The molecule has 1 aliphatic rings. The van der Waals surface area contributed by atoms with Gasteiger partial charge in [0, 0.05) is 12.1 Å². The Hall–Kier alpha value is -1.15. The Morgan fingerprint density at radius 2 is 2.05 bits per heavy atom. The maximum Gasteiger partial charge on any atom is 0.177 e. The molecule has 0 unspecified atom stereocenters. The Kier molecular flexibility index (Phi) is 4.76. The molecule has 104 valence electrons. The third kappa shape index (κ3) is 3.66. The average Bonchev–Trinajstić information content (AvgIpc) is 2.31. The van der Waals surface area contributed by atoms with Crippen molar-refractivity contribution < 1.29 is 4.79 Å². The second kappa shape index (κ2) is 6.33. The number of hydrogen-bond acceptors (Lipinski definition) is 2. The van der Waals surface area contributed by atoms with Gasteiger partial charge in [0.25, 0.3) is 0 Å². The molecule has 0 amide bonds. The Labute approximate surface area is 116 Å². The highest BCUT2D eigenvalue weighted by Crippen LogP contribution is 2.27. The molecular formula is C17H25NO. The van der Waals surface area contributed by atoms with Gasteiger partial charge in [-0.15, -0.1) is 0 Å². The van der Waals surface area contributed by atoms with E-state index in [1.165, 1.54) is 24.8 Å². The van der Waals surface area contributed by atoms with Crippen LogP contribution in [0, 0.1) is 19.8 Å². The topological polar surface area (TPSA) is 20.3 Å². The molecule has 1 saturated carbocycles. The third-order valence-corrected chi connectivity index (χ3v) is 4.24. The van der Waals surface area contributed by atoms with Gasteiger partial charge in [0.1, 0.15) is 0 Å². The molecule has 0 aliphatic heterocycles. The Morgan fingerprint density at radius 1 is 1.32 bits per heavy atom. The summed E-state index contributed by atoms with van der Waals surface area (Å²) in [5.74, 6) is 1.09. The zero-order valence-corrected chi connectivity index (χ0v) is 12.4. The molecule has 1 aromatic rings. The van der Waals surface area contributed by atoms with E-state index in [-0.39, 0.29) is 5.78 Å². The van der Waals surface area contributed by atoms with Gasteiger partial charge in [0.15, 0.2) is 5.78 Å². The summed E-state index contributed by atoms with van der Waals surface area (Å²) >= 11 is 0. The Bertz CT molecular complexity index is 449. The molecule has 2 rings (SSSR count). The first-order chi connectivity index (χ1) is 9.10. The molecule has 0 spiro atoms. The second-order valence-corrected chi connectivity index (χ2v) is 5.87. The number of carbonyl (C=O) groups is 1. The van der Waals surface area contributed by atoms with Crippen LogP contribution in [-0.4, -0.2) is 30.3 Å². The van der Waals surface area contributed by atoms with Crippen molar-refractivity contribution in [1.82, 2.24) is 4.90 Å². The number of ketones is 1. The number of aryl methyl sites for hydroxylation is 2. The molecule has 0 radical (unpaired) electrons. The van der Waals surface area contributed by atoms with Gasteiger partial charge in [0.2, 0.25) is 0 Å². The Morgan fingerprint density at radius 3 is 2.58 bits per heavy atom. The number of rotatable bonds is 6. The molecule has 0 atom stereocenters. The lowest BCUT2D eigenvalue weighted by molar-refractivity contribution is 0.0904. The van der Waals surface area contributed by atoms with E-state index in [2.05, 4.69) is 24.8 Å². The number of nitrogens with zero attached hydrogens (tertiary/aromatic N) is 1. The maximum atomic E-state index is 12.4. The van der Waals surface area contributed by atoms with Crippen LogP contribution in [0.2, 0.25) is 0 Å². The second-order valence-electron chi connectivity index (χ2n) is 5.87. The van der Waals surface area contributed by atoms with Gasteiger partial charge in [-0.05, 0) is 44.7 Å². The molecule has 0 aromatic heterocycles. The molecule has 0 saturated heterocycles. The number of benzene rings is 1. The lowest BCUT2D eigenvalue weighted by Crippen LogP contribution is -2.36. The quantitative estimate of drug-likeness (QED) is 0.727. The van der Waals surface area contributed by atoms with Crippen LogP contribution in [0.1, 0.15) is 47.7 Å². The van der Waals surface area contributed by atoms with Crippen molar-refractivity contribution in [2.75, 3.05) is 19.6 Å². The predicted octanol–water partition coefficient (Wildman–Crippen LogP) is 3.61. The van der Waals surface area contributed by atoms with E-state index in [1.807, 2.05) is 19.1 Å². The molecule has 1 aromatic carbocycles. The SMILES string of the molecule is CCN(CC(=O)c1ccc(C)cc1C)CC1CCC1. The summed E-state index contributed by atoms with van der Waals surface area (Å²) in [4.78, 5) is 14.7. The van der Waals surface area contributed by atoms with E-state index >= 15 is 0 Å². The number of Topliss-reactive ketones (excluding diaryl/α,β-unsaturated/α-hetero) is 1. The highest BCUT2D eigenvalue weighted by Gasteiger charge is 2.21. The van der Waals surface area contributed by atoms with Crippen LogP contribution < -0.4 is 0 Å². The van der Waals surface area contributed by atoms with Crippen LogP contribution in [0.3, 0.4) is 0 Å². The summed E-state index contributed by atoms with van der Waals surface area (Å²) in [7, 11) is 0. The van der Waals surface area contributed by atoms with Gasteiger partial charge in [-0.25, -0.2) is 0 Å². The first kappa shape index (κ1) is 14.3. The molecule has 0 heterocycles. The van der Waals surface area contributed by atoms with E-state index in [1.54, 1.807) is 0 Å². The van der Waals surface area contributed by atoms with Gasteiger partial charge >= 0.3 is 0 Å². The zero-order chi connectivity index (χ0) is 13.8. The summed E-state index contributed by atoms with van der Waals surface area (Å²) in [6.45, 7) is 8.86. The minimum absolute atomic E-state index is 0.263. The molecule has 0 N–H and O–H groups in total. The molecule has 2 heteroatoms. The lowest BCUT2D eigenvalue weighted by atomic mass is 9.85. The van der Waals surface area contributed by atoms with E-state index in [0.717, 1.165) is 30.1 Å². The molecule has 19 heavy (non-hydrogen) atoms. The highest BCUT2D eigenvalue weighted by atomic mass is 16.1. The van der Waals surface area contributed by atoms with Crippen molar-refractivity contribution in [2.45, 2.75) is 40.0 Å². The van der Waals surface area contributed by atoms with E-state index in [4.69, 9.17) is 0 Å². The summed E-state index contributed by atoms with van der Waals surface area (Å²) in [6, 6.07) is 6.10. The van der Waals surface area contributed by atoms with E-state index in [0.29, 0.717) is 6.54 Å². The van der Waals surface area contributed by atoms with Crippen LogP contribution in [-0.2, 0) is 0 Å². The monoisotopic (exact) mass is 259 g/mol. The Balaban J connectivity index is 1.97. The van der Waals surface area contributed by atoms with Gasteiger partial charge in [0.05, 0.1) is 6.54 Å². The molecule has 1 fully saturated rings. The lowest BCUT2D eigenvalue weighted by Gasteiger charge is -2.31. The first-order valence-electron chi connectivity index (χ1n) is 7.43. The average molecular weight is 259 g/mol. The summed E-state index contributed by atoms with van der Waals surface area (Å²) in [5.41, 5.74) is 3.21. The van der Waals surface area contributed by atoms with Crippen molar-refractivity contribution in [3.05, 3.63) is 34.9 Å².